The Morgan fingerprint density at radius 2 is 2.04 bits per heavy atom. The minimum absolute atomic E-state index is 0.0609. The van der Waals surface area contributed by atoms with Crippen molar-refractivity contribution in [3.63, 3.8) is 0 Å². The van der Waals surface area contributed by atoms with Gasteiger partial charge in [-0.1, -0.05) is 17.3 Å². The van der Waals surface area contributed by atoms with E-state index >= 15 is 0 Å². The predicted molar refractivity (Wildman–Crippen MR) is 89.3 cm³/mol. The summed E-state index contributed by atoms with van der Waals surface area (Å²) in [5.41, 5.74) is 2.22. The number of methoxy groups -OCH3 is 1. The lowest BCUT2D eigenvalue weighted by Gasteiger charge is -2.28. The normalized spacial score (nSPS) is 20.2. The second-order valence-electron chi connectivity index (χ2n) is 6.18. The van der Waals surface area contributed by atoms with Crippen LogP contribution in [0.5, 0.6) is 5.75 Å². The zero-order valence-corrected chi connectivity index (χ0v) is 14.1. The van der Waals surface area contributed by atoms with Gasteiger partial charge in [0.05, 0.1) is 26.0 Å². The Morgan fingerprint density at radius 1 is 1.28 bits per heavy atom. The molecule has 25 heavy (non-hydrogen) atoms. The Labute approximate surface area is 145 Å². The maximum Gasteiger partial charge on any atom is 0.276 e. The molecule has 8 heteroatoms. The number of carbonyl (C=O) groups excluding carboxylic acids is 1. The number of amides is 1. The molecule has 0 spiro atoms. The molecule has 3 heterocycles. The second kappa shape index (κ2) is 6.81. The number of ether oxygens (including phenoxy) is 2. The summed E-state index contributed by atoms with van der Waals surface area (Å²) in [5, 5.41) is 11.6. The van der Waals surface area contributed by atoms with Crippen molar-refractivity contribution in [2.24, 2.45) is 0 Å². The van der Waals surface area contributed by atoms with E-state index in [2.05, 4.69) is 15.6 Å². The minimum atomic E-state index is -0.109. The first-order valence-electron chi connectivity index (χ1n) is 8.44. The lowest BCUT2D eigenvalue weighted by molar-refractivity contribution is -0.00199. The molecule has 1 aromatic heterocycles. The molecule has 0 bridgehead atoms. The number of carbonyl (C=O) groups is 1. The van der Waals surface area contributed by atoms with Crippen LogP contribution in [0.1, 0.15) is 27.8 Å². The molecule has 0 saturated carbocycles. The van der Waals surface area contributed by atoms with E-state index in [1.54, 1.807) is 11.8 Å². The van der Waals surface area contributed by atoms with Crippen molar-refractivity contribution >= 4 is 5.91 Å². The third-order valence-electron chi connectivity index (χ3n) is 4.69. The van der Waals surface area contributed by atoms with Gasteiger partial charge in [-0.25, -0.2) is 4.68 Å². The molecule has 2 aliphatic rings. The van der Waals surface area contributed by atoms with Crippen LogP contribution in [-0.2, 0) is 17.9 Å². The quantitative estimate of drug-likeness (QED) is 0.879. The summed E-state index contributed by atoms with van der Waals surface area (Å²) in [5.74, 6) is 0.749. The number of hydrogen-bond donors (Lipinski definition) is 1. The standard InChI is InChI=1S/C17H21N5O3/c1-24-13-4-2-12(3-5-13)15-10-22-14(11-25-15)16(19-20-22)17(23)21-8-6-18-7-9-21/h2-5,15,18H,6-11H2,1H3. The summed E-state index contributed by atoms with van der Waals surface area (Å²) >= 11 is 0. The summed E-state index contributed by atoms with van der Waals surface area (Å²) in [4.78, 5) is 14.5. The fraction of sp³-hybridized carbons (Fsp3) is 0.471. The van der Waals surface area contributed by atoms with E-state index in [1.807, 2.05) is 29.2 Å². The van der Waals surface area contributed by atoms with Gasteiger partial charge in [0.1, 0.15) is 11.9 Å². The molecule has 0 aliphatic carbocycles. The molecular formula is C17H21N5O3. The van der Waals surface area contributed by atoms with Crippen LogP contribution in [0, 0.1) is 0 Å². The van der Waals surface area contributed by atoms with Crippen LogP contribution in [0.15, 0.2) is 24.3 Å². The Balaban J connectivity index is 1.50. The van der Waals surface area contributed by atoms with Crippen molar-refractivity contribution in [1.29, 1.82) is 0 Å². The number of fused-ring (bicyclic) bond motifs is 1. The van der Waals surface area contributed by atoms with Gasteiger partial charge in [-0.15, -0.1) is 5.10 Å². The monoisotopic (exact) mass is 343 g/mol. The van der Waals surface area contributed by atoms with Crippen molar-refractivity contribution in [3.05, 3.63) is 41.2 Å². The largest absolute Gasteiger partial charge is 0.497 e. The van der Waals surface area contributed by atoms with E-state index in [-0.39, 0.29) is 12.0 Å². The number of aromatic nitrogens is 3. The number of piperazine rings is 1. The fourth-order valence-electron chi connectivity index (χ4n) is 3.22. The molecule has 8 nitrogen and oxygen atoms in total. The minimum Gasteiger partial charge on any atom is -0.497 e. The summed E-state index contributed by atoms with van der Waals surface area (Å²) in [6, 6.07) is 7.79. The van der Waals surface area contributed by atoms with Crippen LogP contribution >= 0.6 is 0 Å². The first-order valence-corrected chi connectivity index (χ1v) is 8.44. The number of rotatable bonds is 3. The summed E-state index contributed by atoms with van der Waals surface area (Å²) < 4.78 is 12.9. The topological polar surface area (TPSA) is 81.5 Å². The van der Waals surface area contributed by atoms with Crippen LogP contribution in [-0.4, -0.2) is 59.1 Å². The molecule has 1 fully saturated rings. The number of benzene rings is 1. The van der Waals surface area contributed by atoms with Gasteiger partial charge in [0, 0.05) is 26.2 Å². The van der Waals surface area contributed by atoms with E-state index in [1.165, 1.54) is 0 Å². The first-order chi connectivity index (χ1) is 12.3. The number of hydrogen-bond acceptors (Lipinski definition) is 6. The van der Waals surface area contributed by atoms with Crippen LogP contribution in [0.25, 0.3) is 0 Å². The van der Waals surface area contributed by atoms with Gasteiger partial charge in [0.15, 0.2) is 5.69 Å². The molecular weight excluding hydrogens is 322 g/mol. The second-order valence-corrected chi connectivity index (χ2v) is 6.18. The highest BCUT2D eigenvalue weighted by Gasteiger charge is 2.30. The molecule has 2 aromatic rings. The molecule has 1 unspecified atom stereocenters. The fourth-order valence-corrected chi connectivity index (χ4v) is 3.22. The molecule has 4 rings (SSSR count). The van der Waals surface area contributed by atoms with Crippen molar-refractivity contribution in [3.8, 4) is 5.75 Å². The highest BCUT2D eigenvalue weighted by Crippen LogP contribution is 2.28. The number of nitrogens with zero attached hydrogens (tertiary/aromatic N) is 4. The molecule has 1 saturated heterocycles. The summed E-state index contributed by atoms with van der Waals surface area (Å²) in [7, 11) is 1.64. The average molecular weight is 343 g/mol. The van der Waals surface area contributed by atoms with Crippen LogP contribution in [0.2, 0.25) is 0 Å². The maximum atomic E-state index is 12.7. The Kier molecular flexibility index (Phi) is 4.37. The van der Waals surface area contributed by atoms with E-state index in [0.29, 0.717) is 31.9 Å². The van der Waals surface area contributed by atoms with Gasteiger partial charge in [0.2, 0.25) is 0 Å². The molecule has 1 aromatic carbocycles. The predicted octanol–water partition coefficient (Wildman–Crippen LogP) is 0.604. The maximum absolute atomic E-state index is 12.7. The van der Waals surface area contributed by atoms with Gasteiger partial charge in [-0.3, -0.25) is 4.79 Å². The molecule has 1 atom stereocenters. The van der Waals surface area contributed by atoms with Crippen molar-refractivity contribution in [1.82, 2.24) is 25.2 Å². The van der Waals surface area contributed by atoms with Crippen LogP contribution in [0.4, 0.5) is 0 Å². The Bertz CT molecular complexity index is 752. The van der Waals surface area contributed by atoms with E-state index in [0.717, 1.165) is 30.1 Å². The van der Waals surface area contributed by atoms with Crippen LogP contribution in [0.3, 0.4) is 0 Å². The Hall–Kier alpha value is -2.45. The summed E-state index contributed by atoms with van der Waals surface area (Å²) in [6.07, 6.45) is -0.109. The van der Waals surface area contributed by atoms with Crippen molar-refractivity contribution < 1.29 is 14.3 Å². The van der Waals surface area contributed by atoms with E-state index < -0.39 is 0 Å². The van der Waals surface area contributed by atoms with Gasteiger partial charge < -0.3 is 19.7 Å². The Morgan fingerprint density at radius 3 is 2.76 bits per heavy atom. The molecule has 1 amide bonds. The zero-order chi connectivity index (χ0) is 17.2. The highest BCUT2D eigenvalue weighted by atomic mass is 16.5. The van der Waals surface area contributed by atoms with Crippen molar-refractivity contribution in [2.75, 3.05) is 33.3 Å². The first kappa shape index (κ1) is 16.0. The van der Waals surface area contributed by atoms with Crippen molar-refractivity contribution in [2.45, 2.75) is 19.3 Å². The highest BCUT2D eigenvalue weighted by molar-refractivity contribution is 5.93. The zero-order valence-electron chi connectivity index (χ0n) is 14.1. The summed E-state index contributed by atoms with van der Waals surface area (Å²) in [6.45, 7) is 3.89. The number of nitrogens with one attached hydrogen (secondary N) is 1. The lowest BCUT2D eigenvalue weighted by Crippen LogP contribution is -2.46. The lowest BCUT2D eigenvalue weighted by atomic mass is 10.1. The molecule has 1 N–H and O–H groups in total. The van der Waals surface area contributed by atoms with Gasteiger partial charge in [-0.2, -0.15) is 0 Å². The molecule has 2 aliphatic heterocycles. The van der Waals surface area contributed by atoms with Crippen LogP contribution < -0.4 is 10.1 Å². The van der Waals surface area contributed by atoms with Gasteiger partial charge in [0.25, 0.3) is 5.91 Å². The third-order valence-corrected chi connectivity index (χ3v) is 4.69. The van der Waals surface area contributed by atoms with Gasteiger partial charge in [-0.05, 0) is 17.7 Å². The molecule has 132 valence electrons. The third kappa shape index (κ3) is 3.10. The average Bonchev–Trinajstić information content (AvgIpc) is 3.11. The molecule has 0 radical (unpaired) electrons. The SMILES string of the molecule is COc1ccc(C2Cn3nnc(C(=O)N4CCNCC4)c3CO2)cc1. The van der Waals surface area contributed by atoms with E-state index in [4.69, 9.17) is 9.47 Å². The van der Waals surface area contributed by atoms with Gasteiger partial charge >= 0.3 is 0 Å². The van der Waals surface area contributed by atoms with E-state index in [9.17, 15) is 4.79 Å². The smallest absolute Gasteiger partial charge is 0.276 e.